The number of halogens is 1. The van der Waals surface area contributed by atoms with Crippen LogP contribution in [0.1, 0.15) is 19.3 Å². The lowest BCUT2D eigenvalue weighted by Crippen LogP contribution is -2.35. The van der Waals surface area contributed by atoms with Crippen molar-refractivity contribution in [3.05, 3.63) is 28.4 Å². The van der Waals surface area contributed by atoms with E-state index in [1.165, 1.54) is 11.8 Å². The first kappa shape index (κ1) is 23.3. The molecule has 0 amide bonds. The number of anilines is 1. The molecule has 1 fully saturated rings. The fourth-order valence-corrected chi connectivity index (χ4v) is 6.02. The molecular formula is C22H25BrN10O2S. The molecule has 0 bridgehead atoms. The molecule has 2 N–H and O–H groups in total. The summed E-state index contributed by atoms with van der Waals surface area (Å²) < 4.78 is 16.1. The molecule has 1 saturated heterocycles. The Morgan fingerprint density at radius 3 is 2.72 bits per heavy atom. The molecule has 6 rings (SSSR count). The average molecular weight is 573 g/mol. The molecule has 2 aliphatic heterocycles. The molecule has 2 aliphatic rings. The van der Waals surface area contributed by atoms with Gasteiger partial charge in [-0.3, -0.25) is 5.41 Å². The highest BCUT2D eigenvalue weighted by Crippen LogP contribution is 2.41. The van der Waals surface area contributed by atoms with Gasteiger partial charge in [0, 0.05) is 36.1 Å². The first-order chi connectivity index (χ1) is 17.5. The predicted octanol–water partition coefficient (Wildman–Crippen LogP) is 2.75. The summed E-state index contributed by atoms with van der Waals surface area (Å²) in [6.07, 6.45) is 4.91. The van der Waals surface area contributed by atoms with Crippen molar-refractivity contribution in [2.45, 2.75) is 35.9 Å². The molecule has 14 heteroatoms. The van der Waals surface area contributed by atoms with E-state index in [4.69, 9.17) is 19.9 Å². The minimum Gasteiger partial charge on any atom is -0.486 e. The highest BCUT2D eigenvalue weighted by Gasteiger charge is 2.23. The number of tetrazole rings is 1. The van der Waals surface area contributed by atoms with E-state index < -0.39 is 0 Å². The van der Waals surface area contributed by atoms with Crippen molar-refractivity contribution in [2.75, 3.05) is 31.2 Å². The van der Waals surface area contributed by atoms with Crippen molar-refractivity contribution < 1.29 is 9.47 Å². The summed E-state index contributed by atoms with van der Waals surface area (Å²) in [7, 11) is 1.87. The normalized spacial score (nSPS) is 16.1. The molecule has 4 aromatic rings. The van der Waals surface area contributed by atoms with E-state index in [1.807, 2.05) is 23.7 Å². The zero-order valence-electron chi connectivity index (χ0n) is 19.6. The minimum absolute atomic E-state index is 0.187. The second-order valence-electron chi connectivity index (χ2n) is 8.88. The number of piperidine rings is 1. The highest BCUT2D eigenvalue weighted by molar-refractivity contribution is 9.10. The molecule has 3 aromatic heterocycles. The fraction of sp³-hybridized carbons (Fsp3) is 0.455. The number of aromatic amines is 1. The third-order valence-corrected chi connectivity index (χ3v) is 8.44. The van der Waals surface area contributed by atoms with E-state index in [9.17, 15) is 0 Å². The summed E-state index contributed by atoms with van der Waals surface area (Å²) in [5.74, 6) is 2.88. The lowest BCUT2D eigenvalue weighted by Gasteiger charge is -2.31. The Hall–Kier alpha value is -3.13. The van der Waals surface area contributed by atoms with Gasteiger partial charge in [0.1, 0.15) is 18.7 Å². The van der Waals surface area contributed by atoms with Crippen LogP contribution in [0.2, 0.25) is 0 Å². The van der Waals surface area contributed by atoms with Crippen LogP contribution >= 0.6 is 27.7 Å². The van der Waals surface area contributed by atoms with E-state index in [0.29, 0.717) is 29.8 Å². The molecule has 36 heavy (non-hydrogen) atoms. The van der Waals surface area contributed by atoms with Gasteiger partial charge in [0.25, 0.3) is 0 Å². The summed E-state index contributed by atoms with van der Waals surface area (Å²) in [6, 6.07) is 3.87. The molecule has 1 aromatic carbocycles. The molecule has 0 unspecified atom stereocenters. The minimum atomic E-state index is 0.187. The van der Waals surface area contributed by atoms with Gasteiger partial charge in [-0.2, -0.15) is 0 Å². The van der Waals surface area contributed by atoms with Crippen LogP contribution in [0.15, 0.2) is 33.0 Å². The Labute approximate surface area is 219 Å². The summed E-state index contributed by atoms with van der Waals surface area (Å²) in [6.45, 7) is 3.76. The van der Waals surface area contributed by atoms with Gasteiger partial charge in [0.05, 0.1) is 6.33 Å². The number of rotatable bonds is 6. The Kier molecular flexibility index (Phi) is 6.29. The number of fused-ring (bicyclic) bond motifs is 2. The number of hydrogen-bond donors (Lipinski definition) is 2. The second kappa shape index (κ2) is 9.73. The molecule has 0 spiro atoms. The van der Waals surface area contributed by atoms with Crippen LogP contribution in [0.3, 0.4) is 0 Å². The van der Waals surface area contributed by atoms with E-state index in [2.05, 4.69) is 46.3 Å². The van der Waals surface area contributed by atoms with Gasteiger partial charge in [-0.05, 0) is 63.7 Å². The monoisotopic (exact) mass is 572 g/mol. The molecular weight excluding hydrogens is 548 g/mol. The Morgan fingerprint density at radius 2 is 1.97 bits per heavy atom. The highest BCUT2D eigenvalue weighted by atomic mass is 79.9. The summed E-state index contributed by atoms with van der Waals surface area (Å²) in [4.78, 5) is 15.6. The first-order valence-corrected chi connectivity index (χ1v) is 13.4. The first-order valence-electron chi connectivity index (χ1n) is 11.8. The second-order valence-corrected chi connectivity index (χ2v) is 10.8. The van der Waals surface area contributed by atoms with Gasteiger partial charge in [0.15, 0.2) is 27.8 Å². The van der Waals surface area contributed by atoms with Crippen LogP contribution < -0.4 is 19.9 Å². The molecule has 12 nitrogen and oxygen atoms in total. The zero-order chi connectivity index (χ0) is 24.6. The van der Waals surface area contributed by atoms with Crippen LogP contribution in [-0.2, 0) is 13.6 Å². The molecule has 0 aliphatic carbocycles. The number of benzene rings is 1. The van der Waals surface area contributed by atoms with Crippen molar-refractivity contribution in [3.8, 4) is 11.5 Å². The number of nitrogens with one attached hydrogen (secondary N) is 2. The number of ether oxygens (including phenoxy) is 2. The van der Waals surface area contributed by atoms with Crippen molar-refractivity contribution in [1.29, 1.82) is 5.41 Å². The molecule has 0 atom stereocenters. The standard InChI is InChI=1S/C22H25BrN10O2S/c1-31-22(28-29-30-31)32-5-2-13(3-6-32)4-7-33-12-25-19(24)18-20(33)27-21(26-18)36-17-11-16-15(10-14(17)23)34-8-9-35-16/h10-13,24H,2-9H2,1H3,(H,26,27). The van der Waals surface area contributed by atoms with Gasteiger partial charge in [-0.25, -0.2) is 14.6 Å². The number of aromatic nitrogens is 8. The van der Waals surface area contributed by atoms with Crippen molar-refractivity contribution in [3.63, 3.8) is 0 Å². The maximum atomic E-state index is 8.28. The van der Waals surface area contributed by atoms with Crippen LogP contribution in [0.25, 0.3) is 11.2 Å². The number of imidazole rings is 1. The Morgan fingerprint density at radius 1 is 1.19 bits per heavy atom. The topological polar surface area (TPSA) is 136 Å². The van der Waals surface area contributed by atoms with Crippen LogP contribution in [0, 0.1) is 11.3 Å². The third kappa shape index (κ3) is 4.54. The van der Waals surface area contributed by atoms with Crippen LogP contribution in [-0.4, -0.2) is 66.0 Å². The van der Waals surface area contributed by atoms with Gasteiger partial charge in [0.2, 0.25) is 5.95 Å². The number of nitrogens with zero attached hydrogens (tertiary/aromatic N) is 8. The van der Waals surface area contributed by atoms with Gasteiger partial charge < -0.3 is 23.9 Å². The number of aryl methyl sites for hydroxylation is 2. The summed E-state index contributed by atoms with van der Waals surface area (Å²) in [5, 5.41) is 20.8. The smallest absolute Gasteiger partial charge is 0.245 e. The van der Waals surface area contributed by atoms with Gasteiger partial charge in [-0.15, -0.1) is 0 Å². The maximum Gasteiger partial charge on any atom is 0.245 e. The molecule has 0 saturated carbocycles. The molecule has 0 radical (unpaired) electrons. The van der Waals surface area contributed by atoms with E-state index in [-0.39, 0.29) is 5.49 Å². The average Bonchev–Trinajstić information content (AvgIpc) is 3.51. The van der Waals surface area contributed by atoms with Crippen LogP contribution in [0.4, 0.5) is 5.95 Å². The number of H-pyrrole nitrogens is 1. The maximum absolute atomic E-state index is 8.28. The van der Waals surface area contributed by atoms with E-state index in [1.54, 1.807) is 11.0 Å². The number of hydrogen-bond acceptors (Lipinski definition) is 10. The quantitative estimate of drug-likeness (QED) is 0.357. The largest absolute Gasteiger partial charge is 0.486 e. The van der Waals surface area contributed by atoms with Crippen molar-refractivity contribution in [1.82, 2.24) is 39.7 Å². The fourth-order valence-electron chi connectivity index (χ4n) is 4.64. The summed E-state index contributed by atoms with van der Waals surface area (Å²) >= 11 is 5.11. The summed E-state index contributed by atoms with van der Waals surface area (Å²) in [5.41, 5.74) is 1.57. The lowest BCUT2D eigenvalue weighted by molar-refractivity contribution is 0.171. The SMILES string of the molecule is Cn1nnnc1N1CCC(CCn2cnc(=N)c3[nH]c(Sc4cc5c(cc4Br)OCCO5)nc32)CC1. The van der Waals surface area contributed by atoms with Crippen molar-refractivity contribution >= 4 is 44.8 Å². The van der Waals surface area contributed by atoms with Gasteiger partial charge in [-0.1, -0.05) is 16.9 Å². The molecule has 188 valence electrons. The zero-order valence-corrected chi connectivity index (χ0v) is 22.0. The van der Waals surface area contributed by atoms with E-state index >= 15 is 0 Å². The van der Waals surface area contributed by atoms with E-state index in [0.717, 1.165) is 71.4 Å². The van der Waals surface area contributed by atoms with Gasteiger partial charge >= 0.3 is 0 Å². The lowest BCUT2D eigenvalue weighted by atomic mass is 9.93. The molecule has 5 heterocycles. The van der Waals surface area contributed by atoms with Crippen LogP contribution in [0.5, 0.6) is 11.5 Å². The third-order valence-electron chi connectivity index (χ3n) is 6.57. The Bertz CT molecular complexity index is 1460. The predicted molar refractivity (Wildman–Crippen MR) is 135 cm³/mol. The van der Waals surface area contributed by atoms with Crippen molar-refractivity contribution in [2.24, 2.45) is 13.0 Å². The Balaban J connectivity index is 1.16.